The minimum absolute atomic E-state index is 0.295. The van der Waals surface area contributed by atoms with Crippen molar-refractivity contribution in [3.8, 4) is 0 Å². The number of nitrogens with zero attached hydrogens (tertiary/aromatic N) is 1. The summed E-state index contributed by atoms with van der Waals surface area (Å²) in [7, 11) is 0. The predicted octanol–water partition coefficient (Wildman–Crippen LogP) is 1.45. The molecular formula is C10H17NO2S. The van der Waals surface area contributed by atoms with Gasteiger partial charge in [-0.25, -0.2) is 4.79 Å². The van der Waals surface area contributed by atoms with E-state index < -0.39 is 5.97 Å². The molecule has 1 fully saturated rings. The van der Waals surface area contributed by atoms with E-state index in [1.807, 2.05) is 11.8 Å². The zero-order valence-corrected chi connectivity index (χ0v) is 9.35. The van der Waals surface area contributed by atoms with Crippen molar-refractivity contribution in [2.24, 2.45) is 0 Å². The molecule has 0 saturated carbocycles. The SMILES string of the molecule is C=C(CN1CCSCCC1C)C(=O)O. The summed E-state index contributed by atoms with van der Waals surface area (Å²) in [6.45, 7) is 7.19. The molecule has 1 aliphatic heterocycles. The average Bonchev–Trinajstić information content (AvgIpc) is 2.32. The molecule has 1 unspecified atom stereocenters. The van der Waals surface area contributed by atoms with E-state index in [4.69, 9.17) is 5.11 Å². The summed E-state index contributed by atoms with van der Waals surface area (Å²) in [6, 6.07) is 0.473. The molecule has 4 heteroatoms. The highest BCUT2D eigenvalue weighted by Crippen LogP contribution is 2.16. The number of rotatable bonds is 3. The van der Waals surface area contributed by atoms with Gasteiger partial charge < -0.3 is 5.11 Å². The van der Waals surface area contributed by atoms with Crippen LogP contribution in [-0.2, 0) is 4.79 Å². The number of carbonyl (C=O) groups is 1. The summed E-state index contributed by atoms with van der Waals surface area (Å²) in [4.78, 5) is 12.8. The van der Waals surface area contributed by atoms with Crippen LogP contribution in [0.25, 0.3) is 0 Å². The van der Waals surface area contributed by atoms with Crippen LogP contribution in [0.5, 0.6) is 0 Å². The van der Waals surface area contributed by atoms with Crippen molar-refractivity contribution in [3.63, 3.8) is 0 Å². The zero-order chi connectivity index (χ0) is 10.6. The molecule has 0 amide bonds. The van der Waals surface area contributed by atoms with Crippen molar-refractivity contribution in [2.75, 3.05) is 24.6 Å². The van der Waals surface area contributed by atoms with Gasteiger partial charge in [0.1, 0.15) is 0 Å². The van der Waals surface area contributed by atoms with Gasteiger partial charge in [-0.3, -0.25) is 4.90 Å². The van der Waals surface area contributed by atoms with Gasteiger partial charge in [0.05, 0.1) is 0 Å². The Labute approximate surface area is 89.2 Å². The molecule has 0 aromatic heterocycles. The number of hydrogen-bond acceptors (Lipinski definition) is 3. The minimum Gasteiger partial charge on any atom is -0.478 e. The summed E-state index contributed by atoms with van der Waals surface area (Å²) >= 11 is 1.94. The fourth-order valence-corrected chi connectivity index (χ4v) is 2.56. The molecule has 0 aromatic carbocycles. The first-order valence-corrected chi connectivity index (χ1v) is 5.99. The Kier molecular flexibility index (Phi) is 4.48. The molecule has 1 N–H and O–H groups in total. The first kappa shape index (κ1) is 11.6. The minimum atomic E-state index is -0.880. The van der Waals surface area contributed by atoms with E-state index in [1.165, 1.54) is 5.75 Å². The molecule has 80 valence electrons. The van der Waals surface area contributed by atoms with E-state index >= 15 is 0 Å². The molecule has 0 aliphatic carbocycles. The van der Waals surface area contributed by atoms with Crippen molar-refractivity contribution in [2.45, 2.75) is 19.4 Å². The highest BCUT2D eigenvalue weighted by atomic mass is 32.2. The Balaban J connectivity index is 2.48. The second kappa shape index (κ2) is 5.41. The molecule has 0 aromatic rings. The predicted molar refractivity (Wildman–Crippen MR) is 59.8 cm³/mol. The maximum Gasteiger partial charge on any atom is 0.332 e. The Hall–Kier alpha value is -0.480. The standard InChI is InChI=1S/C10H17NO2S/c1-8(10(12)13)7-11-4-6-14-5-3-9(11)2/h9H,1,3-7H2,2H3,(H,12,13). The topological polar surface area (TPSA) is 40.5 Å². The molecule has 14 heavy (non-hydrogen) atoms. The molecule has 1 aliphatic rings. The van der Waals surface area contributed by atoms with Crippen molar-refractivity contribution in [1.29, 1.82) is 0 Å². The highest BCUT2D eigenvalue weighted by molar-refractivity contribution is 7.99. The van der Waals surface area contributed by atoms with E-state index in [1.54, 1.807) is 0 Å². The van der Waals surface area contributed by atoms with E-state index in [-0.39, 0.29) is 0 Å². The van der Waals surface area contributed by atoms with Gasteiger partial charge >= 0.3 is 5.97 Å². The maximum absolute atomic E-state index is 10.6. The van der Waals surface area contributed by atoms with E-state index in [9.17, 15) is 4.79 Å². The molecule has 0 radical (unpaired) electrons. The second-order valence-corrected chi connectivity index (χ2v) is 4.85. The van der Waals surface area contributed by atoms with E-state index in [0.29, 0.717) is 18.2 Å². The van der Waals surface area contributed by atoms with Gasteiger partial charge in [0.15, 0.2) is 0 Å². The van der Waals surface area contributed by atoms with Crippen molar-refractivity contribution < 1.29 is 9.90 Å². The third kappa shape index (κ3) is 3.35. The van der Waals surface area contributed by atoms with E-state index in [0.717, 1.165) is 18.7 Å². The largest absolute Gasteiger partial charge is 0.478 e. The second-order valence-electron chi connectivity index (χ2n) is 3.63. The fraction of sp³-hybridized carbons (Fsp3) is 0.700. The lowest BCUT2D eigenvalue weighted by molar-refractivity contribution is -0.132. The molecule has 1 saturated heterocycles. The maximum atomic E-state index is 10.6. The van der Waals surface area contributed by atoms with Gasteiger partial charge in [0.2, 0.25) is 0 Å². The third-order valence-corrected chi connectivity index (χ3v) is 3.52. The van der Waals surface area contributed by atoms with Gasteiger partial charge in [0, 0.05) is 30.5 Å². The van der Waals surface area contributed by atoms with Gasteiger partial charge in [-0.15, -0.1) is 0 Å². The van der Waals surface area contributed by atoms with E-state index in [2.05, 4.69) is 18.4 Å². The van der Waals surface area contributed by atoms with Crippen LogP contribution < -0.4 is 0 Å². The number of carboxylic acid groups (broad SMARTS) is 1. The Morgan fingerprint density at radius 2 is 2.36 bits per heavy atom. The van der Waals surface area contributed by atoms with Gasteiger partial charge in [-0.05, 0) is 19.1 Å². The molecular weight excluding hydrogens is 198 g/mol. The van der Waals surface area contributed by atoms with Crippen molar-refractivity contribution in [3.05, 3.63) is 12.2 Å². The highest BCUT2D eigenvalue weighted by Gasteiger charge is 2.19. The fourth-order valence-electron chi connectivity index (χ4n) is 1.49. The van der Waals surface area contributed by atoms with Crippen LogP contribution >= 0.6 is 11.8 Å². The molecule has 1 heterocycles. The van der Waals surface area contributed by atoms with Crippen LogP contribution in [0.4, 0.5) is 0 Å². The van der Waals surface area contributed by atoms with Crippen LogP contribution in [0.15, 0.2) is 12.2 Å². The number of thioether (sulfide) groups is 1. The van der Waals surface area contributed by atoms with Crippen molar-refractivity contribution >= 4 is 17.7 Å². The summed E-state index contributed by atoms with van der Waals surface area (Å²) in [5, 5.41) is 8.74. The monoisotopic (exact) mass is 215 g/mol. The van der Waals surface area contributed by atoms with Crippen LogP contribution in [0.1, 0.15) is 13.3 Å². The average molecular weight is 215 g/mol. The zero-order valence-electron chi connectivity index (χ0n) is 8.53. The molecule has 0 bridgehead atoms. The summed E-state index contributed by atoms with van der Waals surface area (Å²) in [5.74, 6) is 1.39. The van der Waals surface area contributed by atoms with Crippen LogP contribution in [-0.4, -0.2) is 46.6 Å². The molecule has 0 spiro atoms. The number of aliphatic carboxylic acids is 1. The normalized spacial score (nSPS) is 24.2. The Bertz CT molecular complexity index is 230. The van der Waals surface area contributed by atoms with Crippen LogP contribution in [0.3, 0.4) is 0 Å². The smallest absolute Gasteiger partial charge is 0.332 e. The molecule has 1 rings (SSSR count). The van der Waals surface area contributed by atoms with Gasteiger partial charge in [-0.2, -0.15) is 11.8 Å². The quantitative estimate of drug-likeness (QED) is 0.724. The summed E-state index contributed by atoms with van der Waals surface area (Å²) in [6.07, 6.45) is 1.14. The lowest BCUT2D eigenvalue weighted by atomic mass is 10.2. The summed E-state index contributed by atoms with van der Waals surface area (Å²) < 4.78 is 0. The Morgan fingerprint density at radius 3 is 3.00 bits per heavy atom. The van der Waals surface area contributed by atoms with Gasteiger partial charge in [0.25, 0.3) is 0 Å². The Morgan fingerprint density at radius 1 is 1.64 bits per heavy atom. The van der Waals surface area contributed by atoms with Crippen LogP contribution in [0, 0.1) is 0 Å². The molecule has 1 atom stereocenters. The van der Waals surface area contributed by atoms with Crippen LogP contribution in [0.2, 0.25) is 0 Å². The molecule has 3 nitrogen and oxygen atoms in total. The summed E-state index contributed by atoms with van der Waals surface area (Å²) in [5.41, 5.74) is 0.295. The lowest BCUT2D eigenvalue weighted by Crippen LogP contribution is -2.36. The first-order chi connectivity index (χ1) is 6.61. The number of carboxylic acids is 1. The third-order valence-electron chi connectivity index (χ3n) is 2.52. The number of hydrogen-bond donors (Lipinski definition) is 1. The first-order valence-electron chi connectivity index (χ1n) is 4.84. The lowest BCUT2D eigenvalue weighted by Gasteiger charge is -2.26. The van der Waals surface area contributed by atoms with Gasteiger partial charge in [-0.1, -0.05) is 6.58 Å². The van der Waals surface area contributed by atoms with Crippen molar-refractivity contribution in [1.82, 2.24) is 4.90 Å².